The van der Waals surface area contributed by atoms with E-state index in [1.54, 1.807) is 4.31 Å². The van der Waals surface area contributed by atoms with Gasteiger partial charge in [-0.15, -0.1) is 0 Å². The summed E-state index contributed by atoms with van der Waals surface area (Å²) in [4.78, 5) is 0.513. The van der Waals surface area contributed by atoms with Crippen molar-refractivity contribution in [3.63, 3.8) is 0 Å². The summed E-state index contributed by atoms with van der Waals surface area (Å²) in [5.41, 5.74) is 10.8. The predicted octanol–water partition coefficient (Wildman–Crippen LogP) is 2.59. The normalized spacial score (nSPS) is 17.9. The largest absolute Gasteiger partial charge is 0.330 e. The van der Waals surface area contributed by atoms with Crippen LogP contribution in [0.2, 0.25) is 0 Å². The first-order chi connectivity index (χ1) is 10.2. The Morgan fingerprint density at radius 2 is 1.32 bits per heavy atom. The molecule has 1 aromatic rings. The lowest BCUT2D eigenvalue weighted by atomic mass is 9.95. The summed E-state index contributed by atoms with van der Waals surface area (Å²) in [5.74, 6) is 0.454. The summed E-state index contributed by atoms with van der Waals surface area (Å²) in [6, 6.07) is 0. The number of rotatable bonds is 3. The third-order valence-corrected chi connectivity index (χ3v) is 7.61. The Bertz CT molecular complexity index is 643. The lowest BCUT2D eigenvalue weighted by Crippen LogP contribution is -2.40. The summed E-state index contributed by atoms with van der Waals surface area (Å²) in [5, 5.41) is 0. The van der Waals surface area contributed by atoms with E-state index in [4.69, 9.17) is 5.73 Å². The second-order valence-electron chi connectivity index (χ2n) is 6.54. The second-order valence-corrected chi connectivity index (χ2v) is 8.41. The van der Waals surface area contributed by atoms with Gasteiger partial charge in [-0.1, -0.05) is 0 Å². The average molecular weight is 324 g/mol. The Kier molecular flexibility index (Phi) is 5.00. The van der Waals surface area contributed by atoms with E-state index in [0.29, 0.717) is 30.4 Å². The number of hydrogen-bond donors (Lipinski definition) is 1. The van der Waals surface area contributed by atoms with Gasteiger partial charge in [0.15, 0.2) is 0 Å². The molecule has 4 nitrogen and oxygen atoms in total. The molecule has 1 fully saturated rings. The molecule has 0 amide bonds. The SMILES string of the molecule is Cc1c(C)c(C)c(S(=O)(=O)N2CCC(CN)CC2)c(C)c1C. The highest BCUT2D eigenvalue weighted by Crippen LogP contribution is 2.33. The topological polar surface area (TPSA) is 63.4 Å². The summed E-state index contributed by atoms with van der Waals surface area (Å²) in [7, 11) is -3.42. The molecule has 1 heterocycles. The van der Waals surface area contributed by atoms with Gasteiger partial charge in [-0.2, -0.15) is 4.31 Å². The highest BCUT2D eigenvalue weighted by Gasteiger charge is 2.32. The average Bonchev–Trinajstić information content (AvgIpc) is 2.51. The van der Waals surface area contributed by atoms with Gasteiger partial charge in [-0.05, 0) is 87.7 Å². The lowest BCUT2D eigenvalue weighted by Gasteiger charge is -2.32. The monoisotopic (exact) mass is 324 g/mol. The number of sulfonamides is 1. The van der Waals surface area contributed by atoms with Gasteiger partial charge in [0, 0.05) is 13.1 Å². The van der Waals surface area contributed by atoms with Crippen LogP contribution in [-0.2, 0) is 10.0 Å². The van der Waals surface area contributed by atoms with Crippen molar-refractivity contribution in [1.29, 1.82) is 0 Å². The van der Waals surface area contributed by atoms with Crippen LogP contribution >= 0.6 is 0 Å². The van der Waals surface area contributed by atoms with Crippen LogP contribution in [0.4, 0.5) is 0 Å². The minimum Gasteiger partial charge on any atom is -0.330 e. The van der Waals surface area contributed by atoms with Crippen molar-refractivity contribution in [1.82, 2.24) is 4.31 Å². The van der Waals surface area contributed by atoms with Crippen molar-refractivity contribution in [3.05, 3.63) is 27.8 Å². The van der Waals surface area contributed by atoms with Crippen molar-refractivity contribution >= 4 is 10.0 Å². The molecule has 1 aliphatic heterocycles. The van der Waals surface area contributed by atoms with Crippen LogP contribution in [0.25, 0.3) is 0 Å². The lowest BCUT2D eigenvalue weighted by molar-refractivity contribution is 0.278. The van der Waals surface area contributed by atoms with E-state index in [1.807, 2.05) is 27.7 Å². The van der Waals surface area contributed by atoms with Crippen molar-refractivity contribution < 1.29 is 8.42 Å². The van der Waals surface area contributed by atoms with Crippen LogP contribution in [0.15, 0.2) is 4.90 Å². The van der Waals surface area contributed by atoms with Crippen LogP contribution in [0.3, 0.4) is 0 Å². The summed E-state index contributed by atoms with van der Waals surface area (Å²) in [6.07, 6.45) is 1.72. The molecule has 1 aromatic carbocycles. The molecule has 0 bridgehead atoms. The van der Waals surface area contributed by atoms with E-state index in [0.717, 1.165) is 35.1 Å². The Labute approximate surface area is 134 Å². The molecule has 0 aliphatic carbocycles. The third-order valence-electron chi connectivity index (χ3n) is 5.44. The molecule has 0 unspecified atom stereocenters. The van der Waals surface area contributed by atoms with Crippen LogP contribution < -0.4 is 5.73 Å². The first-order valence-corrected chi connectivity index (χ1v) is 9.43. The maximum Gasteiger partial charge on any atom is 0.243 e. The van der Waals surface area contributed by atoms with Crippen molar-refractivity contribution in [3.8, 4) is 0 Å². The highest BCUT2D eigenvalue weighted by atomic mass is 32.2. The zero-order valence-electron chi connectivity index (χ0n) is 14.4. The van der Waals surface area contributed by atoms with Crippen molar-refractivity contribution in [2.24, 2.45) is 11.7 Å². The molecule has 5 heteroatoms. The molecule has 0 aromatic heterocycles. The smallest absolute Gasteiger partial charge is 0.243 e. The van der Waals surface area contributed by atoms with Gasteiger partial charge < -0.3 is 5.73 Å². The van der Waals surface area contributed by atoms with E-state index in [-0.39, 0.29) is 0 Å². The maximum absolute atomic E-state index is 13.1. The molecular weight excluding hydrogens is 296 g/mol. The molecule has 0 atom stereocenters. The van der Waals surface area contributed by atoms with Crippen LogP contribution in [0.1, 0.15) is 40.7 Å². The summed E-state index contributed by atoms with van der Waals surface area (Å²) < 4.78 is 27.9. The van der Waals surface area contributed by atoms with Gasteiger partial charge in [0.1, 0.15) is 0 Å². The summed E-state index contributed by atoms with van der Waals surface area (Å²) >= 11 is 0. The fourth-order valence-electron chi connectivity index (χ4n) is 3.37. The van der Waals surface area contributed by atoms with E-state index >= 15 is 0 Å². The highest BCUT2D eigenvalue weighted by molar-refractivity contribution is 7.89. The molecule has 22 heavy (non-hydrogen) atoms. The van der Waals surface area contributed by atoms with E-state index in [9.17, 15) is 8.42 Å². The fourth-order valence-corrected chi connectivity index (χ4v) is 5.40. The van der Waals surface area contributed by atoms with Gasteiger partial charge in [0.2, 0.25) is 10.0 Å². The summed E-state index contributed by atoms with van der Waals surface area (Å²) in [6.45, 7) is 11.7. The Morgan fingerprint density at radius 3 is 1.73 bits per heavy atom. The van der Waals surface area contributed by atoms with E-state index < -0.39 is 10.0 Å². The number of nitrogens with two attached hydrogens (primary N) is 1. The molecule has 2 rings (SSSR count). The van der Waals surface area contributed by atoms with Crippen molar-refractivity contribution in [2.75, 3.05) is 19.6 Å². The second kappa shape index (κ2) is 6.30. The standard InChI is InChI=1S/C17H28N2O2S/c1-11-12(2)14(4)17(15(5)13(11)3)22(20,21)19-8-6-16(10-18)7-9-19/h16H,6-10,18H2,1-5H3. The Hall–Kier alpha value is -0.910. The van der Waals surface area contributed by atoms with Crippen LogP contribution in [0.5, 0.6) is 0 Å². The molecule has 1 saturated heterocycles. The fraction of sp³-hybridized carbons (Fsp3) is 0.647. The first-order valence-electron chi connectivity index (χ1n) is 7.99. The maximum atomic E-state index is 13.1. The quantitative estimate of drug-likeness (QED) is 0.929. The predicted molar refractivity (Wildman–Crippen MR) is 90.7 cm³/mol. The van der Waals surface area contributed by atoms with Gasteiger partial charge in [0.25, 0.3) is 0 Å². The van der Waals surface area contributed by atoms with Gasteiger partial charge in [-0.25, -0.2) is 8.42 Å². The molecule has 0 spiro atoms. The molecule has 0 radical (unpaired) electrons. The number of piperidine rings is 1. The third kappa shape index (κ3) is 2.82. The molecule has 2 N–H and O–H groups in total. The molecule has 0 saturated carbocycles. The molecule has 1 aliphatic rings. The zero-order chi connectivity index (χ0) is 16.7. The van der Waals surface area contributed by atoms with Crippen LogP contribution in [-0.4, -0.2) is 32.4 Å². The Morgan fingerprint density at radius 1 is 0.909 bits per heavy atom. The first kappa shape index (κ1) is 17.4. The number of benzene rings is 1. The Balaban J connectivity index is 2.47. The minimum absolute atomic E-state index is 0.454. The van der Waals surface area contributed by atoms with Crippen LogP contribution in [0, 0.1) is 40.5 Å². The van der Waals surface area contributed by atoms with E-state index in [2.05, 4.69) is 6.92 Å². The number of nitrogens with zero attached hydrogens (tertiary/aromatic N) is 1. The molecule has 124 valence electrons. The zero-order valence-corrected chi connectivity index (χ0v) is 15.2. The van der Waals surface area contributed by atoms with E-state index in [1.165, 1.54) is 5.56 Å². The molecular formula is C17H28N2O2S. The van der Waals surface area contributed by atoms with Crippen molar-refractivity contribution in [2.45, 2.75) is 52.4 Å². The van der Waals surface area contributed by atoms with Gasteiger partial charge in [-0.3, -0.25) is 0 Å². The number of hydrogen-bond acceptors (Lipinski definition) is 3. The van der Waals surface area contributed by atoms with Gasteiger partial charge >= 0.3 is 0 Å². The minimum atomic E-state index is -3.42. The van der Waals surface area contributed by atoms with Gasteiger partial charge in [0.05, 0.1) is 4.90 Å².